The fraction of sp³-hybridized carbons (Fsp3) is 0.381. The number of rotatable bonds is 3. The van der Waals surface area contributed by atoms with Crippen LogP contribution >= 0.6 is 0 Å². The Morgan fingerprint density at radius 3 is 1.92 bits per heavy atom. The molecule has 0 saturated carbocycles. The van der Waals surface area contributed by atoms with Crippen LogP contribution in [0.15, 0.2) is 42.5 Å². The van der Waals surface area contributed by atoms with Gasteiger partial charge in [-0.3, -0.25) is 0 Å². The van der Waals surface area contributed by atoms with Crippen LogP contribution in [0.25, 0.3) is 0 Å². The van der Waals surface area contributed by atoms with Crippen LogP contribution in [0.2, 0.25) is 0 Å². The van der Waals surface area contributed by atoms with E-state index < -0.39 is 5.97 Å². The molecule has 3 nitrogen and oxygen atoms in total. The molecule has 0 radical (unpaired) electrons. The number of hydrogen-bond acceptors (Lipinski definition) is 2. The Kier molecular flexibility index (Phi) is 4.75. The van der Waals surface area contributed by atoms with Crippen LogP contribution in [0.4, 0.5) is 0 Å². The summed E-state index contributed by atoms with van der Waals surface area (Å²) in [5, 5.41) is 8.98. The maximum Gasteiger partial charge on any atom is 0.335 e. The van der Waals surface area contributed by atoms with E-state index in [2.05, 4.69) is 53.7 Å². The van der Waals surface area contributed by atoms with E-state index in [-0.39, 0.29) is 16.4 Å². The highest BCUT2D eigenvalue weighted by Crippen LogP contribution is 2.37. The lowest BCUT2D eigenvalue weighted by atomic mass is 9.80. The van der Waals surface area contributed by atoms with Gasteiger partial charge >= 0.3 is 5.97 Å². The molecule has 2 aromatic carbocycles. The van der Waals surface area contributed by atoms with Crippen molar-refractivity contribution in [2.45, 2.75) is 52.4 Å². The fourth-order valence-corrected chi connectivity index (χ4v) is 2.46. The molecule has 0 aliphatic heterocycles. The van der Waals surface area contributed by atoms with Gasteiger partial charge in [-0.25, -0.2) is 4.79 Å². The molecule has 3 heteroatoms. The van der Waals surface area contributed by atoms with E-state index in [0.717, 1.165) is 11.3 Å². The average Bonchev–Trinajstić information content (AvgIpc) is 2.46. The van der Waals surface area contributed by atoms with Crippen LogP contribution in [0, 0.1) is 0 Å². The molecule has 0 unspecified atom stereocenters. The highest BCUT2D eigenvalue weighted by Gasteiger charge is 2.23. The number of carbonyl (C=O) groups is 1. The Labute approximate surface area is 144 Å². The Balaban J connectivity index is 2.40. The van der Waals surface area contributed by atoms with Crippen molar-refractivity contribution < 1.29 is 14.6 Å². The largest absolute Gasteiger partial charge is 0.478 e. The second kappa shape index (κ2) is 6.31. The molecule has 1 N–H and O–H groups in total. The molecule has 0 saturated heterocycles. The van der Waals surface area contributed by atoms with Crippen molar-refractivity contribution in [3.63, 3.8) is 0 Å². The fourth-order valence-electron chi connectivity index (χ4n) is 2.46. The normalized spacial score (nSPS) is 12.1. The van der Waals surface area contributed by atoms with Crippen LogP contribution in [-0.4, -0.2) is 11.1 Å². The molecule has 0 bridgehead atoms. The molecule has 0 aliphatic carbocycles. The van der Waals surface area contributed by atoms with Crippen molar-refractivity contribution in [2.75, 3.05) is 0 Å². The molecule has 0 fully saturated rings. The lowest BCUT2D eigenvalue weighted by Crippen LogP contribution is -2.17. The van der Waals surface area contributed by atoms with Crippen molar-refractivity contribution >= 4 is 5.97 Å². The maximum absolute atomic E-state index is 10.9. The van der Waals surface area contributed by atoms with E-state index in [1.807, 2.05) is 6.07 Å². The zero-order valence-electron chi connectivity index (χ0n) is 15.3. The molecular formula is C21H26O3. The molecule has 0 aliphatic rings. The quantitative estimate of drug-likeness (QED) is 0.778. The Bertz CT molecular complexity index is 729. The van der Waals surface area contributed by atoms with E-state index in [1.54, 1.807) is 24.3 Å². The minimum absolute atomic E-state index is 0.0579. The van der Waals surface area contributed by atoms with E-state index in [0.29, 0.717) is 5.75 Å². The molecule has 0 amide bonds. The van der Waals surface area contributed by atoms with Crippen molar-refractivity contribution in [2.24, 2.45) is 0 Å². The average molecular weight is 326 g/mol. The molecule has 24 heavy (non-hydrogen) atoms. The topological polar surface area (TPSA) is 46.5 Å². The highest BCUT2D eigenvalue weighted by atomic mass is 16.5. The van der Waals surface area contributed by atoms with Gasteiger partial charge in [0.2, 0.25) is 0 Å². The molecule has 0 aromatic heterocycles. The Hall–Kier alpha value is -2.29. The lowest BCUT2D eigenvalue weighted by Gasteiger charge is -2.27. The molecule has 0 spiro atoms. The van der Waals surface area contributed by atoms with Crippen LogP contribution in [0.5, 0.6) is 11.5 Å². The molecule has 0 atom stereocenters. The zero-order chi connectivity index (χ0) is 18.1. The monoisotopic (exact) mass is 326 g/mol. The third kappa shape index (κ3) is 4.16. The zero-order valence-corrected chi connectivity index (χ0v) is 15.3. The predicted molar refractivity (Wildman–Crippen MR) is 97.3 cm³/mol. The number of hydrogen-bond donors (Lipinski definition) is 1. The van der Waals surface area contributed by atoms with Crippen LogP contribution < -0.4 is 4.74 Å². The van der Waals surface area contributed by atoms with Gasteiger partial charge in [0.25, 0.3) is 0 Å². The van der Waals surface area contributed by atoms with Gasteiger partial charge in [0, 0.05) is 5.56 Å². The third-order valence-electron chi connectivity index (χ3n) is 3.98. The second-order valence-corrected chi connectivity index (χ2v) is 8.14. The minimum Gasteiger partial charge on any atom is -0.478 e. The first-order valence-electron chi connectivity index (χ1n) is 8.15. The van der Waals surface area contributed by atoms with Crippen molar-refractivity contribution in [3.05, 3.63) is 59.2 Å². The van der Waals surface area contributed by atoms with Gasteiger partial charge in [-0.05, 0) is 46.7 Å². The summed E-state index contributed by atoms with van der Waals surface area (Å²) in [5.74, 6) is 0.499. The van der Waals surface area contributed by atoms with Crippen molar-refractivity contribution in [1.29, 1.82) is 0 Å². The summed E-state index contributed by atoms with van der Waals surface area (Å²) in [6.07, 6.45) is 0. The summed E-state index contributed by atoms with van der Waals surface area (Å²) >= 11 is 0. The lowest BCUT2D eigenvalue weighted by molar-refractivity contribution is 0.0697. The Morgan fingerprint density at radius 2 is 1.46 bits per heavy atom. The smallest absolute Gasteiger partial charge is 0.335 e. The van der Waals surface area contributed by atoms with Crippen molar-refractivity contribution in [1.82, 2.24) is 0 Å². The molecular weight excluding hydrogens is 300 g/mol. The summed E-state index contributed by atoms with van der Waals surface area (Å²) in [7, 11) is 0. The number of carboxylic acid groups (broad SMARTS) is 1. The summed E-state index contributed by atoms with van der Waals surface area (Å²) in [6, 6.07) is 12.8. The molecule has 128 valence electrons. The number of ether oxygens (including phenoxy) is 1. The summed E-state index contributed by atoms with van der Waals surface area (Å²) in [6.45, 7) is 13.1. The second-order valence-electron chi connectivity index (χ2n) is 8.14. The first-order valence-corrected chi connectivity index (χ1v) is 8.15. The van der Waals surface area contributed by atoms with E-state index >= 15 is 0 Å². The van der Waals surface area contributed by atoms with E-state index in [4.69, 9.17) is 9.84 Å². The standard InChI is InChI=1S/C21H26O3/c1-20(2,3)15-9-12-18(17(13-15)21(4,5)6)24-16-10-7-14(8-11-16)19(22)23/h7-13H,1-6H3,(H,22,23). The SMILES string of the molecule is CC(C)(C)c1ccc(Oc2ccc(C(=O)O)cc2)c(C(C)(C)C)c1. The summed E-state index contributed by atoms with van der Waals surface area (Å²) in [5.41, 5.74) is 2.67. The van der Waals surface area contributed by atoms with Gasteiger partial charge in [-0.1, -0.05) is 53.7 Å². The van der Waals surface area contributed by atoms with E-state index in [9.17, 15) is 4.79 Å². The minimum atomic E-state index is -0.938. The third-order valence-corrected chi connectivity index (χ3v) is 3.98. The number of carboxylic acids is 1. The van der Waals surface area contributed by atoms with Gasteiger partial charge in [0.15, 0.2) is 0 Å². The molecule has 2 aromatic rings. The molecule has 0 heterocycles. The van der Waals surface area contributed by atoms with E-state index in [1.165, 1.54) is 5.56 Å². The summed E-state index contributed by atoms with van der Waals surface area (Å²) < 4.78 is 6.05. The van der Waals surface area contributed by atoms with Gasteiger partial charge in [0.1, 0.15) is 11.5 Å². The van der Waals surface area contributed by atoms with Crippen LogP contribution in [0.3, 0.4) is 0 Å². The van der Waals surface area contributed by atoms with Crippen molar-refractivity contribution in [3.8, 4) is 11.5 Å². The summed E-state index contributed by atoms with van der Waals surface area (Å²) in [4.78, 5) is 10.9. The Morgan fingerprint density at radius 1 is 0.875 bits per heavy atom. The van der Waals surface area contributed by atoms with Gasteiger partial charge in [0.05, 0.1) is 5.56 Å². The number of benzene rings is 2. The van der Waals surface area contributed by atoms with Gasteiger partial charge in [-0.15, -0.1) is 0 Å². The first-order chi connectivity index (χ1) is 11.0. The maximum atomic E-state index is 10.9. The van der Waals surface area contributed by atoms with Crippen LogP contribution in [0.1, 0.15) is 63.0 Å². The van der Waals surface area contributed by atoms with Gasteiger partial charge in [-0.2, -0.15) is 0 Å². The first kappa shape index (κ1) is 18.1. The van der Waals surface area contributed by atoms with Crippen LogP contribution in [-0.2, 0) is 10.8 Å². The number of aromatic carboxylic acids is 1. The highest BCUT2D eigenvalue weighted by molar-refractivity contribution is 5.87. The predicted octanol–water partition coefficient (Wildman–Crippen LogP) is 5.77. The molecule has 2 rings (SSSR count). The van der Waals surface area contributed by atoms with Gasteiger partial charge < -0.3 is 9.84 Å².